The first kappa shape index (κ1) is 23.3. The van der Waals surface area contributed by atoms with Crippen LogP contribution in [0.15, 0.2) is 42.5 Å². The Hall–Kier alpha value is -3.41. The van der Waals surface area contributed by atoms with Crippen molar-refractivity contribution >= 4 is 23.5 Å². The van der Waals surface area contributed by atoms with Crippen LogP contribution in [0.4, 0.5) is 32.0 Å². The Kier molecular flexibility index (Phi) is 5.54. The van der Waals surface area contributed by atoms with Gasteiger partial charge in [-0.1, -0.05) is 18.2 Å². The number of aliphatic hydroxyl groups is 1. The van der Waals surface area contributed by atoms with Crippen molar-refractivity contribution in [1.82, 2.24) is 0 Å². The zero-order chi connectivity index (χ0) is 24.1. The zero-order valence-electron chi connectivity index (χ0n) is 16.0. The van der Waals surface area contributed by atoms with Gasteiger partial charge in [0.2, 0.25) is 0 Å². The first-order valence-electron chi connectivity index (χ1n) is 8.90. The number of hydrogen-bond donors (Lipinski definition) is 1. The maximum atomic E-state index is 13.2. The van der Waals surface area contributed by atoms with E-state index in [1.165, 1.54) is 19.1 Å². The number of amides is 2. The fraction of sp³-hybridized carbons (Fsp3) is 0.250. The minimum absolute atomic E-state index is 0.0935. The van der Waals surface area contributed by atoms with Crippen molar-refractivity contribution in [2.45, 2.75) is 24.9 Å². The number of halogens is 6. The monoisotopic (exact) mass is 461 g/mol. The van der Waals surface area contributed by atoms with Gasteiger partial charge in [-0.2, -0.15) is 26.3 Å². The summed E-state index contributed by atoms with van der Waals surface area (Å²) in [7, 11) is 0. The summed E-state index contributed by atoms with van der Waals surface area (Å²) < 4.78 is 84.1. The number of benzene rings is 2. The molecule has 0 bridgehead atoms. The number of esters is 1. The molecule has 0 saturated heterocycles. The molecule has 12 heteroatoms. The molecular formula is C20H13F6NO5. The molecule has 0 aromatic heterocycles. The van der Waals surface area contributed by atoms with Crippen molar-refractivity contribution in [3.8, 4) is 0 Å². The average Bonchev–Trinajstić information content (AvgIpc) is 2.71. The first-order valence-corrected chi connectivity index (χ1v) is 8.90. The highest BCUT2D eigenvalue weighted by atomic mass is 19.4. The Morgan fingerprint density at radius 1 is 1.00 bits per heavy atom. The fourth-order valence-electron chi connectivity index (χ4n) is 3.21. The summed E-state index contributed by atoms with van der Waals surface area (Å²) in [5.41, 5.74) is -8.86. The lowest BCUT2D eigenvalue weighted by atomic mass is 9.84. The molecule has 0 spiro atoms. The number of ether oxygens (including phenoxy) is 1. The van der Waals surface area contributed by atoms with Crippen molar-refractivity contribution in [1.29, 1.82) is 0 Å². The smallest absolute Gasteiger partial charge is 0.416 e. The summed E-state index contributed by atoms with van der Waals surface area (Å²) in [5.74, 6) is -4.64. The van der Waals surface area contributed by atoms with Gasteiger partial charge in [0.1, 0.15) is 0 Å². The highest BCUT2D eigenvalue weighted by Crippen LogP contribution is 2.41. The van der Waals surface area contributed by atoms with E-state index in [-0.39, 0.29) is 29.7 Å². The Morgan fingerprint density at radius 2 is 1.53 bits per heavy atom. The molecule has 1 aliphatic heterocycles. The van der Waals surface area contributed by atoms with Gasteiger partial charge in [0.15, 0.2) is 0 Å². The average molecular weight is 461 g/mol. The number of anilines is 1. The van der Waals surface area contributed by atoms with Crippen LogP contribution in [-0.4, -0.2) is 29.5 Å². The Labute approximate surface area is 176 Å². The molecule has 32 heavy (non-hydrogen) atoms. The van der Waals surface area contributed by atoms with Crippen LogP contribution >= 0.6 is 0 Å². The number of alkyl halides is 6. The van der Waals surface area contributed by atoms with E-state index < -0.39 is 63.7 Å². The lowest BCUT2D eigenvalue weighted by Crippen LogP contribution is -2.59. The number of carbonyl (C=O) groups excluding carboxylic acids is 3. The second-order valence-corrected chi connectivity index (χ2v) is 6.69. The molecule has 6 nitrogen and oxygen atoms in total. The quantitative estimate of drug-likeness (QED) is 0.327. The van der Waals surface area contributed by atoms with E-state index in [4.69, 9.17) is 0 Å². The maximum absolute atomic E-state index is 13.2. The van der Waals surface area contributed by atoms with Crippen LogP contribution in [-0.2, 0) is 32.3 Å². The van der Waals surface area contributed by atoms with Crippen LogP contribution < -0.4 is 4.90 Å². The molecular weight excluding hydrogens is 448 g/mol. The molecule has 0 saturated carbocycles. The van der Waals surface area contributed by atoms with Crippen LogP contribution in [0.5, 0.6) is 0 Å². The summed E-state index contributed by atoms with van der Waals surface area (Å²) in [6.45, 7) is 1.03. The molecule has 2 aromatic rings. The van der Waals surface area contributed by atoms with Gasteiger partial charge < -0.3 is 9.84 Å². The molecule has 0 aliphatic carbocycles. The van der Waals surface area contributed by atoms with Crippen molar-refractivity contribution < 1.29 is 50.6 Å². The fourth-order valence-corrected chi connectivity index (χ4v) is 3.21. The molecule has 1 heterocycles. The summed E-state index contributed by atoms with van der Waals surface area (Å²) >= 11 is 0. The highest BCUT2D eigenvalue weighted by Gasteiger charge is 2.57. The maximum Gasteiger partial charge on any atom is 0.416 e. The van der Waals surface area contributed by atoms with Gasteiger partial charge >= 0.3 is 18.3 Å². The van der Waals surface area contributed by atoms with Crippen molar-refractivity contribution in [2.75, 3.05) is 11.5 Å². The van der Waals surface area contributed by atoms with Gasteiger partial charge in [-0.05, 0) is 31.2 Å². The SMILES string of the molecule is CCOC(=O)C1(O)C(=O)N(c2cc(C(F)(F)F)cc(C(F)(F)F)c2)C(=O)c2ccccc21. The number of hydrogen-bond acceptors (Lipinski definition) is 5. The normalized spacial score (nSPS) is 19.1. The number of carbonyl (C=O) groups is 3. The Bertz CT molecular complexity index is 1080. The van der Waals surface area contributed by atoms with Crippen molar-refractivity contribution in [2.24, 2.45) is 0 Å². The molecule has 2 aromatic carbocycles. The molecule has 0 radical (unpaired) electrons. The number of fused-ring (bicyclic) bond motifs is 1. The van der Waals surface area contributed by atoms with Gasteiger partial charge in [0.05, 0.1) is 23.4 Å². The third-order valence-electron chi connectivity index (χ3n) is 4.66. The number of imide groups is 1. The Morgan fingerprint density at radius 3 is 2.03 bits per heavy atom. The lowest BCUT2D eigenvalue weighted by Gasteiger charge is -2.36. The van der Waals surface area contributed by atoms with E-state index >= 15 is 0 Å². The third kappa shape index (κ3) is 3.70. The van der Waals surface area contributed by atoms with Crippen LogP contribution in [0.3, 0.4) is 0 Å². The van der Waals surface area contributed by atoms with Crippen LogP contribution in [0, 0.1) is 0 Å². The second kappa shape index (κ2) is 7.62. The molecule has 1 unspecified atom stereocenters. The molecule has 1 aliphatic rings. The van der Waals surface area contributed by atoms with E-state index in [1.54, 1.807) is 0 Å². The third-order valence-corrected chi connectivity index (χ3v) is 4.66. The molecule has 3 rings (SSSR count). The highest BCUT2D eigenvalue weighted by molar-refractivity contribution is 6.31. The molecule has 1 N–H and O–H groups in total. The van der Waals surface area contributed by atoms with E-state index in [0.29, 0.717) is 0 Å². The van der Waals surface area contributed by atoms with Gasteiger partial charge in [-0.25, -0.2) is 9.69 Å². The predicted molar refractivity (Wildman–Crippen MR) is 95.2 cm³/mol. The van der Waals surface area contributed by atoms with E-state index in [1.807, 2.05) is 0 Å². The zero-order valence-corrected chi connectivity index (χ0v) is 16.0. The van der Waals surface area contributed by atoms with E-state index in [2.05, 4.69) is 4.74 Å². The largest absolute Gasteiger partial charge is 0.463 e. The van der Waals surface area contributed by atoms with Crippen LogP contribution in [0.2, 0.25) is 0 Å². The molecule has 2 amide bonds. The van der Waals surface area contributed by atoms with Crippen LogP contribution in [0.1, 0.15) is 34.0 Å². The van der Waals surface area contributed by atoms with Crippen molar-refractivity contribution in [3.05, 3.63) is 64.7 Å². The minimum Gasteiger partial charge on any atom is -0.463 e. The second-order valence-electron chi connectivity index (χ2n) is 6.69. The predicted octanol–water partition coefficient (Wildman–Crippen LogP) is 3.66. The summed E-state index contributed by atoms with van der Waals surface area (Å²) in [6.07, 6.45) is -10.5. The van der Waals surface area contributed by atoms with E-state index in [9.17, 15) is 45.8 Å². The number of rotatable bonds is 3. The molecule has 1 atom stereocenters. The topological polar surface area (TPSA) is 83.9 Å². The minimum atomic E-state index is -5.26. The van der Waals surface area contributed by atoms with Gasteiger partial charge in [0, 0.05) is 11.1 Å². The van der Waals surface area contributed by atoms with E-state index in [0.717, 1.165) is 12.1 Å². The molecule has 0 fully saturated rings. The van der Waals surface area contributed by atoms with Crippen LogP contribution in [0.25, 0.3) is 0 Å². The number of nitrogens with zero attached hydrogens (tertiary/aromatic N) is 1. The summed E-state index contributed by atoms with van der Waals surface area (Å²) in [5, 5.41) is 10.9. The van der Waals surface area contributed by atoms with Gasteiger partial charge in [-0.3, -0.25) is 9.59 Å². The molecule has 170 valence electrons. The van der Waals surface area contributed by atoms with Gasteiger partial charge in [-0.15, -0.1) is 0 Å². The summed E-state index contributed by atoms with van der Waals surface area (Å²) in [4.78, 5) is 38.3. The summed E-state index contributed by atoms with van der Waals surface area (Å²) in [6, 6.07) is 4.74. The standard InChI is InChI=1S/C20H13F6NO5/c1-2-32-17(30)18(31)14-6-4-3-5-13(14)15(28)27(16(18)29)12-8-10(19(21,22)23)7-11(9-12)20(24,25)26/h3-9,31H,2H2,1H3. The Balaban J connectivity index is 2.30. The first-order chi connectivity index (χ1) is 14.7. The van der Waals surface area contributed by atoms with Gasteiger partial charge in [0.25, 0.3) is 17.4 Å². The van der Waals surface area contributed by atoms with Crippen molar-refractivity contribution in [3.63, 3.8) is 0 Å². The lowest BCUT2D eigenvalue weighted by molar-refractivity contribution is -0.171.